The van der Waals surface area contributed by atoms with Gasteiger partial charge in [-0.25, -0.2) is 4.98 Å². The third-order valence-electron chi connectivity index (χ3n) is 1.79. The van der Waals surface area contributed by atoms with Crippen molar-refractivity contribution in [1.29, 1.82) is 0 Å². The van der Waals surface area contributed by atoms with Gasteiger partial charge in [-0.05, 0) is 18.2 Å². The Kier molecular flexibility index (Phi) is 3.89. The van der Waals surface area contributed by atoms with E-state index in [9.17, 15) is 0 Å². The van der Waals surface area contributed by atoms with E-state index >= 15 is 0 Å². The molecule has 0 radical (unpaired) electrons. The molecule has 0 saturated carbocycles. The molecular weight excluding hydrogens is 273 g/mol. The molecule has 1 nitrogen and oxygen atoms in total. The maximum atomic E-state index is 3.18. The number of benzene rings is 1. The average molecular weight is 283 g/mol. The van der Waals surface area contributed by atoms with E-state index in [1.165, 1.54) is 5.56 Å². The average Bonchev–Trinajstić information content (AvgIpc) is 2.21. The largest absolute Gasteiger partial charge is 1.00 e. The van der Waals surface area contributed by atoms with Gasteiger partial charge in [-0.15, -0.1) is 0 Å². The number of hydrogen-bond donors (Lipinski definition) is 0. The van der Waals surface area contributed by atoms with Gasteiger partial charge in [0, 0.05) is 17.7 Å². The first-order chi connectivity index (χ1) is 5.97. The third-order valence-corrected chi connectivity index (χ3v) is 1.79. The first-order valence-electron chi connectivity index (χ1n) is 3.99. The summed E-state index contributed by atoms with van der Waals surface area (Å²) in [5, 5.41) is 0. The number of rotatable bonds is 1. The van der Waals surface area contributed by atoms with Crippen LogP contribution in [0.5, 0.6) is 0 Å². The second kappa shape index (κ2) is 4.97. The molecule has 2 heteroatoms. The molecule has 2 rings (SSSR count). The molecule has 66 valence electrons. The van der Waals surface area contributed by atoms with Crippen LogP contribution in [0.4, 0.5) is 0 Å². The zero-order chi connectivity index (χ0) is 8.23. The monoisotopic (exact) mass is 283 g/mol. The predicted molar refractivity (Wildman–Crippen MR) is 48.4 cm³/mol. The van der Waals surface area contributed by atoms with Gasteiger partial charge in [0.05, 0.1) is 0 Å². The van der Waals surface area contributed by atoms with Gasteiger partial charge in [-0.2, -0.15) is 0 Å². The Bertz CT molecular complexity index is 307. The summed E-state index contributed by atoms with van der Waals surface area (Å²) in [6.45, 7) is 0. The molecule has 0 aliphatic rings. The van der Waals surface area contributed by atoms with Crippen LogP contribution in [0.2, 0.25) is 0 Å². The van der Waals surface area contributed by atoms with Crippen LogP contribution in [0, 0.1) is 0 Å². The number of halogens is 1. The number of aromatic nitrogens is 1. The summed E-state index contributed by atoms with van der Waals surface area (Å²) in [6.07, 6.45) is 1.93. The van der Waals surface area contributed by atoms with E-state index in [1.807, 2.05) is 36.5 Å². The Hall–Kier alpha value is -0.900. The Balaban J connectivity index is 0.000000845. The van der Waals surface area contributed by atoms with Crippen LogP contribution in [0.15, 0.2) is 54.7 Å². The number of pyridine rings is 1. The van der Waals surface area contributed by atoms with Crippen molar-refractivity contribution in [1.82, 2.24) is 0 Å². The van der Waals surface area contributed by atoms with E-state index in [0.29, 0.717) is 0 Å². The van der Waals surface area contributed by atoms with E-state index < -0.39 is 0 Å². The molecule has 0 spiro atoms. The minimum absolute atomic E-state index is 0. The molecule has 0 atom stereocenters. The van der Waals surface area contributed by atoms with Gasteiger partial charge < -0.3 is 24.0 Å². The summed E-state index contributed by atoms with van der Waals surface area (Å²) in [5.74, 6) is 0. The van der Waals surface area contributed by atoms with Crippen molar-refractivity contribution in [3.05, 3.63) is 54.7 Å². The zero-order valence-corrected chi connectivity index (χ0v) is 9.23. The lowest BCUT2D eigenvalue weighted by atomic mass is 10.1. The normalized spacial score (nSPS) is 8.92. The van der Waals surface area contributed by atoms with Crippen molar-refractivity contribution in [3.63, 3.8) is 0 Å². The highest BCUT2D eigenvalue weighted by molar-refractivity contribution is 5.54. The van der Waals surface area contributed by atoms with Crippen LogP contribution < -0.4 is 29.0 Å². The van der Waals surface area contributed by atoms with Crippen molar-refractivity contribution in [2.24, 2.45) is 0 Å². The van der Waals surface area contributed by atoms with Crippen LogP contribution in [0.3, 0.4) is 0 Å². The summed E-state index contributed by atoms with van der Waals surface area (Å²) < 4.78 is 0. The molecule has 2 aromatic rings. The van der Waals surface area contributed by atoms with Gasteiger partial charge in [0.1, 0.15) is 0 Å². The Labute approximate surface area is 94.9 Å². The third kappa shape index (κ3) is 2.52. The minimum atomic E-state index is 0. The van der Waals surface area contributed by atoms with E-state index in [1.54, 1.807) is 0 Å². The summed E-state index contributed by atoms with van der Waals surface area (Å²) >= 11 is 0. The molecule has 0 unspecified atom stereocenters. The second-order valence-corrected chi connectivity index (χ2v) is 2.64. The minimum Gasteiger partial charge on any atom is -1.00 e. The first kappa shape index (κ1) is 10.2. The molecule has 0 fully saturated rings. The molecule has 0 aliphatic carbocycles. The van der Waals surface area contributed by atoms with Crippen molar-refractivity contribution < 1.29 is 29.0 Å². The highest BCUT2D eigenvalue weighted by Crippen LogP contribution is 2.11. The van der Waals surface area contributed by atoms with E-state index in [0.717, 1.165) is 5.69 Å². The van der Waals surface area contributed by atoms with Gasteiger partial charge in [-0.3, -0.25) is 0 Å². The quantitative estimate of drug-likeness (QED) is 0.607. The summed E-state index contributed by atoms with van der Waals surface area (Å²) in [5.41, 5.74) is 2.37. The molecule has 1 aromatic heterocycles. The molecule has 1 heterocycles. The van der Waals surface area contributed by atoms with Crippen molar-refractivity contribution in [2.75, 3.05) is 0 Å². The standard InChI is InChI=1S/C11H9N.HI/c1-2-6-10(7-3-1)11-8-4-5-9-12-11;/h1-9H;1H. The molecule has 0 amide bonds. The summed E-state index contributed by atoms with van der Waals surface area (Å²) in [7, 11) is 0. The molecule has 0 saturated heterocycles. The summed E-state index contributed by atoms with van der Waals surface area (Å²) in [4.78, 5) is 3.18. The second-order valence-electron chi connectivity index (χ2n) is 2.64. The first-order valence-corrected chi connectivity index (χ1v) is 3.99. The maximum Gasteiger partial charge on any atom is 0.210 e. The summed E-state index contributed by atoms with van der Waals surface area (Å²) in [6, 6.07) is 16.3. The lowest BCUT2D eigenvalue weighted by Gasteiger charge is -1.91. The fourth-order valence-electron chi connectivity index (χ4n) is 1.19. The van der Waals surface area contributed by atoms with Crippen molar-refractivity contribution >= 4 is 0 Å². The van der Waals surface area contributed by atoms with Gasteiger partial charge >= 0.3 is 0 Å². The van der Waals surface area contributed by atoms with E-state index in [-0.39, 0.29) is 24.0 Å². The van der Waals surface area contributed by atoms with Gasteiger partial charge in [0.15, 0.2) is 6.20 Å². The zero-order valence-electron chi connectivity index (χ0n) is 7.07. The van der Waals surface area contributed by atoms with E-state index in [4.69, 9.17) is 0 Å². The highest BCUT2D eigenvalue weighted by Gasteiger charge is 1.99. The molecule has 0 bridgehead atoms. The Morgan fingerprint density at radius 1 is 0.769 bits per heavy atom. The van der Waals surface area contributed by atoms with Crippen LogP contribution in [-0.4, -0.2) is 0 Å². The lowest BCUT2D eigenvalue weighted by Crippen LogP contribution is -3.00. The van der Waals surface area contributed by atoms with Crippen LogP contribution in [0.1, 0.15) is 0 Å². The number of H-pyrrole nitrogens is 1. The van der Waals surface area contributed by atoms with Crippen molar-refractivity contribution in [2.45, 2.75) is 0 Å². The van der Waals surface area contributed by atoms with Crippen molar-refractivity contribution in [3.8, 4) is 11.3 Å². The Morgan fingerprint density at radius 3 is 2.08 bits per heavy atom. The fraction of sp³-hybridized carbons (Fsp3) is 0. The van der Waals surface area contributed by atoms with Crippen LogP contribution in [-0.2, 0) is 0 Å². The Morgan fingerprint density at radius 2 is 1.46 bits per heavy atom. The smallest absolute Gasteiger partial charge is 0.210 e. The predicted octanol–water partition coefficient (Wildman–Crippen LogP) is -0.828. The number of aromatic amines is 1. The van der Waals surface area contributed by atoms with Crippen LogP contribution >= 0.6 is 0 Å². The number of hydrogen-bond acceptors (Lipinski definition) is 0. The maximum absolute atomic E-state index is 3.18. The van der Waals surface area contributed by atoms with Gasteiger partial charge in [-0.1, -0.05) is 18.2 Å². The topological polar surface area (TPSA) is 14.1 Å². The van der Waals surface area contributed by atoms with Crippen LogP contribution in [0.25, 0.3) is 11.3 Å². The molecule has 1 N–H and O–H groups in total. The van der Waals surface area contributed by atoms with Gasteiger partial charge in [0.2, 0.25) is 5.69 Å². The lowest BCUT2D eigenvalue weighted by molar-refractivity contribution is -0.364. The van der Waals surface area contributed by atoms with Gasteiger partial charge in [0.25, 0.3) is 0 Å². The molecule has 1 aromatic carbocycles. The SMILES string of the molecule is [I-].c1ccc(-c2cccc[nH+]2)cc1. The number of nitrogens with one attached hydrogen (secondary N) is 1. The molecule has 13 heavy (non-hydrogen) atoms. The molecule has 0 aliphatic heterocycles. The fourth-order valence-corrected chi connectivity index (χ4v) is 1.19. The highest BCUT2D eigenvalue weighted by atomic mass is 127. The van der Waals surface area contributed by atoms with E-state index in [2.05, 4.69) is 23.2 Å². The molecular formula is C11H10IN.